The Morgan fingerprint density at radius 1 is 0.826 bits per heavy atom. The van der Waals surface area contributed by atoms with E-state index in [0.29, 0.717) is 5.41 Å². The van der Waals surface area contributed by atoms with Gasteiger partial charge in [0.15, 0.2) is 0 Å². The molecule has 0 aromatic heterocycles. The zero-order valence-electron chi connectivity index (χ0n) is 17.1. The average molecular weight is 379 g/mol. The van der Waals surface area contributed by atoms with E-state index in [1.54, 1.807) is 0 Å². The molecule has 0 heterocycles. The van der Waals surface area contributed by atoms with Crippen molar-refractivity contribution >= 4 is 27.0 Å². The Kier molecular flexibility index (Phi) is 11.7. The van der Waals surface area contributed by atoms with E-state index in [9.17, 15) is 0 Å². The summed E-state index contributed by atoms with van der Waals surface area (Å²) in [5.41, 5.74) is 0.297. The highest BCUT2D eigenvalue weighted by Gasteiger charge is 2.39. The third-order valence-corrected chi connectivity index (χ3v) is 18.2. The fourth-order valence-corrected chi connectivity index (χ4v) is 13.5. The van der Waals surface area contributed by atoms with Gasteiger partial charge >= 0.3 is 8.56 Å². The highest BCUT2D eigenvalue weighted by atomic mass is 32.4. The summed E-state index contributed by atoms with van der Waals surface area (Å²) in [5.74, 6) is 1.25. The lowest BCUT2D eigenvalue weighted by atomic mass is 10.00. The van der Waals surface area contributed by atoms with Crippen molar-refractivity contribution in [2.24, 2.45) is 5.41 Å². The lowest BCUT2D eigenvalue weighted by Crippen LogP contribution is -2.44. The lowest BCUT2D eigenvalue weighted by Gasteiger charge is -2.37. The molecule has 0 radical (unpaired) electrons. The molecule has 0 aliphatic heterocycles. The van der Waals surface area contributed by atoms with Gasteiger partial charge in [0.1, 0.15) is 7.22 Å². The third-order valence-electron chi connectivity index (χ3n) is 4.72. The van der Waals surface area contributed by atoms with E-state index >= 15 is 0 Å². The molecular weight excluding hydrogens is 336 g/mol. The summed E-state index contributed by atoms with van der Waals surface area (Å²) < 4.78 is 12.5. The molecule has 0 aliphatic rings. The van der Waals surface area contributed by atoms with Gasteiger partial charge in [0.25, 0.3) is 0 Å². The minimum absolute atomic E-state index is 0.297. The summed E-state index contributed by atoms with van der Waals surface area (Å²) in [5, 5.41) is 0. The van der Waals surface area contributed by atoms with E-state index in [1.165, 1.54) is 23.9 Å². The van der Waals surface area contributed by atoms with E-state index < -0.39 is 15.8 Å². The van der Waals surface area contributed by atoms with Crippen LogP contribution in [0.1, 0.15) is 61.3 Å². The van der Waals surface area contributed by atoms with Crippen molar-refractivity contribution in [1.82, 2.24) is 0 Å². The minimum atomic E-state index is -2.05. The number of rotatable bonds is 14. The van der Waals surface area contributed by atoms with Gasteiger partial charge in [-0.05, 0) is 36.6 Å². The van der Waals surface area contributed by atoms with Crippen LogP contribution in [-0.2, 0) is 8.85 Å². The Labute approximate surface area is 152 Å². The topological polar surface area (TPSA) is 18.5 Å². The van der Waals surface area contributed by atoms with E-state index in [2.05, 4.69) is 66.2 Å². The van der Waals surface area contributed by atoms with Crippen molar-refractivity contribution in [3.63, 3.8) is 0 Å². The summed E-state index contributed by atoms with van der Waals surface area (Å²) in [6.45, 7) is 20.3. The molecule has 0 fully saturated rings. The molecular formula is C18H42O2SSi2. The fraction of sp³-hybridized carbons (Fsp3) is 1.00. The van der Waals surface area contributed by atoms with Gasteiger partial charge in [0, 0.05) is 13.2 Å². The zero-order chi connectivity index (χ0) is 18.0. The number of hydrogen-bond acceptors (Lipinski definition) is 3. The van der Waals surface area contributed by atoms with E-state index in [0.717, 1.165) is 32.1 Å². The van der Waals surface area contributed by atoms with Crippen LogP contribution in [0.2, 0.25) is 30.7 Å². The van der Waals surface area contributed by atoms with Gasteiger partial charge in [0.2, 0.25) is 0 Å². The molecule has 0 N–H and O–H groups in total. The molecule has 0 unspecified atom stereocenters. The lowest BCUT2D eigenvalue weighted by molar-refractivity contribution is 0.163. The van der Waals surface area contributed by atoms with Crippen LogP contribution in [-0.4, -0.2) is 34.8 Å². The maximum absolute atomic E-state index is 6.25. The molecule has 5 heteroatoms. The van der Waals surface area contributed by atoms with Crippen molar-refractivity contribution in [2.45, 2.75) is 92.0 Å². The molecule has 0 aromatic carbocycles. The van der Waals surface area contributed by atoms with Gasteiger partial charge in [-0.25, -0.2) is 0 Å². The van der Waals surface area contributed by atoms with Gasteiger partial charge in [0.05, 0.1) is 0 Å². The Balaban J connectivity index is 4.81. The van der Waals surface area contributed by atoms with Crippen molar-refractivity contribution in [3.05, 3.63) is 0 Å². The fourth-order valence-electron chi connectivity index (χ4n) is 3.10. The predicted octanol–water partition coefficient (Wildman–Crippen LogP) is 6.68. The van der Waals surface area contributed by atoms with Crippen molar-refractivity contribution in [1.29, 1.82) is 0 Å². The second-order valence-electron chi connectivity index (χ2n) is 7.70. The first kappa shape index (κ1) is 23.7. The summed E-state index contributed by atoms with van der Waals surface area (Å²) in [4.78, 5) is 0. The predicted molar refractivity (Wildman–Crippen MR) is 112 cm³/mol. The maximum Gasteiger partial charge on any atom is 0.335 e. The highest BCUT2D eigenvalue weighted by Crippen LogP contribution is 2.40. The molecule has 0 aromatic rings. The third kappa shape index (κ3) is 9.10. The normalized spacial score (nSPS) is 13.6. The molecule has 23 heavy (non-hydrogen) atoms. The van der Waals surface area contributed by atoms with Crippen molar-refractivity contribution in [2.75, 3.05) is 19.0 Å². The van der Waals surface area contributed by atoms with Crippen molar-refractivity contribution in [3.8, 4) is 0 Å². The van der Waals surface area contributed by atoms with Crippen LogP contribution in [0, 0.1) is 5.41 Å². The van der Waals surface area contributed by atoms with Gasteiger partial charge in [-0.3, -0.25) is 0 Å². The van der Waals surface area contributed by atoms with Crippen LogP contribution >= 0.6 is 11.2 Å². The largest absolute Gasteiger partial charge is 0.394 e. The van der Waals surface area contributed by atoms with E-state index in [-0.39, 0.29) is 0 Å². The minimum Gasteiger partial charge on any atom is -0.394 e. The molecule has 0 rings (SSSR count). The molecule has 0 atom stereocenters. The second-order valence-corrected chi connectivity index (χ2v) is 19.4. The van der Waals surface area contributed by atoms with Crippen LogP contribution in [0.3, 0.4) is 0 Å². The summed E-state index contributed by atoms with van der Waals surface area (Å²) in [7, 11) is -3.15. The smallest absolute Gasteiger partial charge is 0.335 e. The Morgan fingerprint density at radius 3 is 1.61 bits per heavy atom. The first-order valence-corrected chi connectivity index (χ1v) is 16.5. The maximum atomic E-state index is 6.25. The quantitative estimate of drug-likeness (QED) is 0.314. The zero-order valence-corrected chi connectivity index (χ0v) is 19.9. The summed E-state index contributed by atoms with van der Waals surface area (Å²) in [6, 6.07) is 5.30. The second kappa shape index (κ2) is 11.3. The van der Waals surface area contributed by atoms with Crippen molar-refractivity contribution < 1.29 is 8.85 Å². The molecule has 0 aliphatic carbocycles. The van der Waals surface area contributed by atoms with Gasteiger partial charge in [-0.1, -0.05) is 66.6 Å². The van der Waals surface area contributed by atoms with E-state index in [1.807, 2.05) is 0 Å². The molecule has 0 bridgehead atoms. The molecule has 0 amide bonds. The van der Waals surface area contributed by atoms with Crippen LogP contribution < -0.4 is 0 Å². The number of hydrogen-bond donors (Lipinski definition) is 0. The molecule has 0 saturated carbocycles. The van der Waals surface area contributed by atoms with Gasteiger partial charge in [-0.15, -0.1) is 0 Å². The van der Waals surface area contributed by atoms with Gasteiger partial charge in [-0.2, -0.15) is 11.2 Å². The summed E-state index contributed by atoms with van der Waals surface area (Å²) in [6.07, 6.45) is 2.15. The SMILES string of the molecule is CCCO[Si](C)(CC(C)(C)CS[Si](CC)(CC)CC)OCCC. The monoisotopic (exact) mass is 378 g/mol. The molecule has 2 nitrogen and oxygen atoms in total. The van der Waals surface area contributed by atoms with Crippen LogP contribution in [0.4, 0.5) is 0 Å². The first-order chi connectivity index (χ1) is 10.7. The molecule has 140 valence electrons. The standard InChI is InChI=1S/C18H42O2SSi2/c1-9-14-19-22(8,20-15-10-2)17-18(6,7)16-21-23(11-3,12-4)13-5/h9-17H2,1-8H3. The summed E-state index contributed by atoms with van der Waals surface area (Å²) >= 11 is 2.31. The van der Waals surface area contributed by atoms with Gasteiger partial charge < -0.3 is 8.85 Å². The molecule has 0 spiro atoms. The molecule has 0 saturated heterocycles. The Hall–Kier alpha value is 0.704. The Morgan fingerprint density at radius 2 is 1.26 bits per heavy atom. The first-order valence-electron chi connectivity index (χ1n) is 9.64. The van der Waals surface area contributed by atoms with Crippen LogP contribution in [0.15, 0.2) is 0 Å². The van der Waals surface area contributed by atoms with Crippen LogP contribution in [0.25, 0.3) is 0 Å². The highest BCUT2D eigenvalue weighted by molar-refractivity contribution is 8.29. The Bertz CT molecular complexity index is 291. The van der Waals surface area contributed by atoms with Crippen LogP contribution in [0.5, 0.6) is 0 Å². The average Bonchev–Trinajstić information content (AvgIpc) is 2.52. The van der Waals surface area contributed by atoms with E-state index in [4.69, 9.17) is 8.85 Å².